The van der Waals surface area contributed by atoms with E-state index in [1.807, 2.05) is 0 Å². The molecule has 1 aromatic heterocycles. The lowest BCUT2D eigenvalue weighted by Gasteiger charge is -2.11. The van der Waals surface area contributed by atoms with E-state index in [2.05, 4.69) is 40.1 Å². The molecule has 1 unspecified atom stereocenters. The molecular formula is C17H29N3O2S. The molecule has 1 aliphatic rings. The first-order valence-corrected chi connectivity index (χ1v) is 9.50. The molecular weight excluding hydrogens is 310 g/mol. The van der Waals surface area contributed by atoms with E-state index in [0.29, 0.717) is 6.10 Å². The highest BCUT2D eigenvalue weighted by Crippen LogP contribution is 2.11. The highest BCUT2D eigenvalue weighted by molar-refractivity contribution is 7.09. The standard InChI is InChI=1S/C17H29N3O2S/c1-2-18-17(20-10-8-16-7-4-13-23-16)19-9-5-11-21-14-15-6-3-12-22-15/h4,7,13,15H,2-3,5-6,8-12,14H2,1H3,(H2,18,19,20). The van der Waals surface area contributed by atoms with Gasteiger partial charge in [0.2, 0.25) is 0 Å². The van der Waals surface area contributed by atoms with Gasteiger partial charge in [-0.05, 0) is 44.1 Å². The van der Waals surface area contributed by atoms with Gasteiger partial charge in [-0.3, -0.25) is 4.99 Å². The topological polar surface area (TPSA) is 54.9 Å². The van der Waals surface area contributed by atoms with Crippen molar-refractivity contribution in [1.29, 1.82) is 0 Å². The largest absolute Gasteiger partial charge is 0.379 e. The van der Waals surface area contributed by atoms with Gasteiger partial charge in [-0.15, -0.1) is 11.3 Å². The quantitative estimate of drug-likeness (QED) is 0.390. The zero-order chi connectivity index (χ0) is 16.2. The zero-order valence-corrected chi connectivity index (χ0v) is 14.9. The lowest BCUT2D eigenvalue weighted by atomic mass is 10.2. The number of ether oxygens (including phenoxy) is 2. The molecule has 1 atom stereocenters. The monoisotopic (exact) mass is 339 g/mol. The Kier molecular flexibility index (Phi) is 9.06. The van der Waals surface area contributed by atoms with E-state index in [-0.39, 0.29) is 0 Å². The van der Waals surface area contributed by atoms with Crippen molar-refractivity contribution in [3.63, 3.8) is 0 Å². The van der Waals surface area contributed by atoms with Crippen LogP contribution in [0.5, 0.6) is 0 Å². The number of aliphatic imine (C=N–C) groups is 1. The summed E-state index contributed by atoms with van der Waals surface area (Å²) in [7, 11) is 0. The van der Waals surface area contributed by atoms with E-state index in [9.17, 15) is 0 Å². The van der Waals surface area contributed by atoms with Crippen LogP contribution in [-0.2, 0) is 15.9 Å². The van der Waals surface area contributed by atoms with Gasteiger partial charge in [0.25, 0.3) is 0 Å². The lowest BCUT2D eigenvalue weighted by Crippen LogP contribution is -2.38. The van der Waals surface area contributed by atoms with Gasteiger partial charge in [0.1, 0.15) is 0 Å². The number of hydrogen-bond acceptors (Lipinski definition) is 4. The average Bonchev–Trinajstić information content (AvgIpc) is 3.24. The molecule has 1 saturated heterocycles. The highest BCUT2D eigenvalue weighted by Gasteiger charge is 2.14. The van der Waals surface area contributed by atoms with E-state index in [0.717, 1.165) is 64.7 Å². The van der Waals surface area contributed by atoms with E-state index >= 15 is 0 Å². The van der Waals surface area contributed by atoms with Crippen LogP contribution in [0, 0.1) is 0 Å². The summed E-state index contributed by atoms with van der Waals surface area (Å²) in [6.07, 6.45) is 4.59. The summed E-state index contributed by atoms with van der Waals surface area (Å²) in [5, 5.41) is 8.78. The van der Waals surface area contributed by atoms with Gasteiger partial charge < -0.3 is 20.1 Å². The first-order valence-electron chi connectivity index (χ1n) is 8.62. The predicted molar refractivity (Wildman–Crippen MR) is 96.4 cm³/mol. The third-order valence-electron chi connectivity index (χ3n) is 3.63. The van der Waals surface area contributed by atoms with Crippen molar-refractivity contribution in [2.75, 3.05) is 39.5 Å². The Morgan fingerprint density at radius 1 is 1.48 bits per heavy atom. The maximum absolute atomic E-state index is 5.66. The Labute approximate surface area is 143 Å². The Hall–Kier alpha value is -1.11. The summed E-state index contributed by atoms with van der Waals surface area (Å²) in [6, 6.07) is 4.26. The number of hydrogen-bond donors (Lipinski definition) is 2. The van der Waals surface area contributed by atoms with Gasteiger partial charge >= 0.3 is 0 Å². The van der Waals surface area contributed by atoms with E-state index in [4.69, 9.17) is 9.47 Å². The molecule has 0 saturated carbocycles. The molecule has 130 valence electrons. The van der Waals surface area contributed by atoms with E-state index < -0.39 is 0 Å². The van der Waals surface area contributed by atoms with Crippen LogP contribution in [0.25, 0.3) is 0 Å². The van der Waals surface area contributed by atoms with Crippen molar-refractivity contribution in [3.05, 3.63) is 22.4 Å². The van der Waals surface area contributed by atoms with Crippen LogP contribution >= 0.6 is 11.3 Å². The summed E-state index contributed by atoms with van der Waals surface area (Å²) in [4.78, 5) is 5.99. The first kappa shape index (κ1) is 18.2. The lowest BCUT2D eigenvalue weighted by molar-refractivity contribution is 0.0171. The SMILES string of the molecule is CCNC(=NCCCOCC1CCCO1)NCCc1cccs1. The molecule has 0 amide bonds. The molecule has 0 aliphatic carbocycles. The molecule has 23 heavy (non-hydrogen) atoms. The number of thiophene rings is 1. The minimum Gasteiger partial charge on any atom is -0.379 e. The zero-order valence-electron chi connectivity index (χ0n) is 14.1. The molecule has 0 aromatic carbocycles. The molecule has 2 N–H and O–H groups in total. The fraction of sp³-hybridized carbons (Fsp3) is 0.706. The maximum Gasteiger partial charge on any atom is 0.191 e. The normalized spacial score (nSPS) is 18.3. The molecule has 1 aliphatic heterocycles. The molecule has 6 heteroatoms. The van der Waals surface area contributed by atoms with Crippen LogP contribution in [0.15, 0.2) is 22.5 Å². The Balaban J connectivity index is 1.54. The van der Waals surface area contributed by atoms with Crippen LogP contribution in [0.1, 0.15) is 31.1 Å². The van der Waals surface area contributed by atoms with Crippen LogP contribution in [0.2, 0.25) is 0 Å². The second-order valence-corrected chi connectivity index (χ2v) is 6.61. The number of guanidine groups is 1. The smallest absolute Gasteiger partial charge is 0.191 e. The minimum atomic E-state index is 0.315. The van der Waals surface area contributed by atoms with Crippen molar-refractivity contribution in [3.8, 4) is 0 Å². The summed E-state index contributed by atoms with van der Waals surface area (Å²) in [5.41, 5.74) is 0. The molecule has 0 radical (unpaired) electrons. The third kappa shape index (κ3) is 7.81. The summed E-state index contributed by atoms with van der Waals surface area (Å²) >= 11 is 1.80. The van der Waals surface area contributed by atoms with Crippen molar-refractivity contribution in [2.24, 2.45) is 4.99 Å². The molecule has 2 rings (SSSR count). The summed E-state index contributed by atoms with van der Waals surface area (Å²) < 4.78 is 11.2. The third-order valence-corrected chi connectivity index (χ3v) is 4.57. The Morgan fingerprint density at radius 3 is 3.17 bits per heavy atom. The fourth-order valence-electron chi connectivity index (χ4n) is 2.45. The van der Waals surface area contributed by atoms with Gasteiger partial charge in [0.15, 0.2) is 5.96 Å². The summed E-state index contributed by atoms with van der Waals surface area (Å²) in [5.74, 6) is 0.892. The van der Waals surface area contributed by atoms with Gasteiger partial charge in [-0.25, -0.2) is 0 Å². The van der Waals surface area contributed by atoms with Crippen molar-refractivity contribution >= 4 is 17.3 Å². The Bertz CT molecular complexity index is 431. The Morgan fingerprint density at radius 2 is 2.43 bits per heavy atom. The van der Waals surface area contributed by atoms with E-state index in [1.165, 1.54) is 11.3 Å². The molecule has 1 aromatic rings. The van der Waals surface area contributed by atoms with Gasteiger partial charge in [0, 0.05) is 37.7 Å². The average molecular weight is 340 g/mol. The maximum atomic E-state index is 5.66. The van der Waals surface area contributed by atoms with Gasteiger partial charge in [0.05, 0.1) is 12.7 Å². The fourth-order valence-corrected chi connectivity index (χ4v) is 3.16. The number of nitrogens with one attached hydrogen (secondary N) is 2. The van der Waals surface area contributed by atoms with Crippen molar-refractivity contribution in [2.45, 2.75) is 38.7 Å². The van der Waals surface area contributed by atoms with Gasteiger partial charge in [-0.1, -0.05) is 6.07 Å². The highest BCUT2D eigenvalue weighted by atomic mass is 32.1. The molecule has 2 heterocycles. The predicted octanol–water partition coefficient (Wildman–Crippen LogP) is 2.43. The van der Waals surface area contributed by atoms with Crippen molar-refractivity contribution in [1.82, 2.24) is 10.6 Å². The van der Waals surface area contributed by atoms with Crippen molar-refractivity contribution < 1.29 is 9.47 Å². The minimum absolute atomic E-state index is 0.315. The van der Waals surface area contributed by atoms with Crippen LogP contribution in [0.4, 0.5) is 0 Å². The van der Waals surface area contributed by atoms with E-state index in [1.54, 1.807) is 11.3 Å². The number of rotatable bonds is 10. The molecule has 1 fully saturated rings. The summed E-state index contributed by atoms with van der Waals surface area (Å²) in [6.45, 7) is 7.01. The van der Waals surface area contributed by atoms with Gasteiger partial charge in [-0.2, -0.15) is 0 Å². The second kappa shape index (κ2) is 11.4. The van der Waals surface area contributed by atoms with Crippen LogP contribution < -0.4 is 10.6 Å². The first-order chi connectivity index (χ1) is 11.4. The second-order valence-electron chi connectivity index (χ2n) is 5.58. The van der Waals surface area contributed by atoms with Crippen LogP contribution in [0.3, 0.4) is 0 Å². The molecule has 0 spiro atoms. The van der Waals surface area contributed by atoms with Crippen LogP contribution in [-0.4, -0.2) is 51.5 Å². The number of nitrogens with zero attached hydrogens (tertiary/aromatic N) is 1. The molecule has 5 nitrogen and oxygen atoms in total. The molecule has 0 bridgehead atoms.